The molecule has 4 nitrogen and oxygen atoms in total. The van der Waals surface area contributed by atoms with Gasteiger partial charge in [0, 0.05) is 11.1 Å². The van der Waals surface area contributed by atoms with E-state index < -0.39 is 0 Å². The number of rotatable bonds is 3. The van der Waals surface area contributed by atoms with Crippen molar-refractivity contribution in [3.8, 4) is 0 Å². The van der Waals surface area contributed by atoms with E-state index in [0.717, 1.165) is 6.42 Å². The molecule has 5 heteroatoms. The zero-order valence-electron chi connectivity index (χ0n) is 9.88. The van der Waals surface area contributed by atoms with Gasteiger partial charge in [0.05, 0.1) is 11.3 Å². The first-order valence-electron chi connectivity index (χ1n) is 5.51. The molecule has 1 aliphatic rings. The molecule has 1 aromatic carbocycles. The van der Waals surface area contributed by atoms with Crippen molar-refractivity contribution >= 4 is 23.2 Å². The molecule has 1 aromatic rings. The third-order valence-corrected chi connectivity index (χ3v) is 3.44. The second-order valence-electron chi connectivity index (χ2n) is 5.05. The van der Waals surface area contributed by atoms with Crippen LogP contribution in [-0.2, 0) is 0 Å². The first-order chi connectivity index (χ1) is 7.94. The summed E-state index contributed by atoms with van der Waals surface area (Å²) in [6.45, 7) is 4.25. The minimum atomic E-state index is -0.143. The Morgan fingerprint density at radius 2 is 2.18 bits per heavy atom. The normalized spacial score (nSPS) is 20.8. The molecule has 0 bridgehead atoms. The van der Waals surface area contributed by atoms with E-state index in [-0.39, 0.29) is 17.4 Å². The first kappa shape index (κ1) is 12.2. The van der Waals surface area contributed by atoms with Gasteiger partial charge in [0.1, 0.15) is 0 Å². The van der Waals surface area contributed by atoms with Crippen LogP contribution in [0, 0.1) is 5.41 Å². The smallest absolute Gasteiger partial charge is 0.253 e. The second-order valence-corrected chi connectivity index (χ2v) is 5.49. The fraction of sp³-hybridized carbons (Fsp3) is 0.417. The molecule has 1 unspecified atom stereocenters. The van der Waals surface area contributed by atoms with Gasteiger partial charge in [-0.05, 0) is 30.0 Å². The van der Waals surface area contributed by atoms with E-state index in [1.807, 2.05) is 0 Å². The lowest BCUT2D eigenvalue weighted by Crippen LogP contribution is -2.29. The molecule has 92 valence electrons. The van der Waals surface area contributed by atoms with E-state index in [0.29, 0.717) is 16.3 Å². The molecule has 1 atom stereocenters. The summed E-state index contributed by atoms with van der Waals surface area (Å²) in [6, 6.07) is 5.23. The Kier molecular flexibility index (Phi) is 3.02. The lowest BCUT2D eigenvalue weighted by Gasteiger charge is -2.11. The SMILES string of the molecule is CC1(C)CC1NC(=O)c1cc(Cl)ccc1NN. The monoisotopic (exact) mass is 253 g/mol. The molecule has 1 saturated carbocycles. The number of amides is 1. The number of benzene rings is 1. The van der Waals surface area contributed by atoms with Gasteiger partial charge in [-0.2, -0.15) is 0 Å². The summed E-state index contributed by atoms with van der Waals surface area (Å²) in [6.07, 6.45) is 1.00. The highest BCUT2D eigenvalue weighted by Crippen LogP contribution is 2.44. The highest BCUT2D eigenvalue weighted by atomic mass is 35.5. The average molecular weight is 254 g/mol. The number of nitrogens with two attached hydrogens (primary N) is 1. The molecule has 2 rings (SSSR count). The molecule has 0 radical (unpaired) electrons. The van der Waals surface area contributed by atoms with Crippen molar-refractivity contribution in [3.63, 3.8) is 0 Å². The molecule has 0 spiro atoms. The van der Waals surface area contributed by atoms with Crippen molar-refractivity contribution < 1.29 is 4.79 Å². The zero-order chi connectivity index (χ0) is 12.6. The predicted molar refractivity (Wildman–Crippen MR) is 68.9 cm³/mol. The second kappa shape index (κ2) is 4.20. The van der Waals surface area contributed by atoms with Gasteiger partial charge in [0.2, 0.25) is 0 Å². The Balaban J connectivity index is 2.16. The molecule has 17 heavy (non-hydrogen) atoms. The van der Waals surface area contributed by atoms with Gasteiger partial charge in [0.15, 0.2) is 0 Å². The highest BCUT2D eigenvalue weighted by Gasteiger charge is 2.46. The zero-order valence-corrected chi connectivity index (χ0v) is 10.6. The predicted octanol–water partition coefficient (Wildman–Crippen LogP) is 2.15. The molecular formula is C12H16ClN3O. The van der Waals surface area contributed by atoms with Crippen molar-refractivity contribution in [2.24, 2.45) is 11.3 Å². The number of carbonyl (C=O) groups is 1. The van der Waals surface area contributed by atoms with Crippen LogP contribution in [0.4, 0.5) is 5.69 Å². The molecule has 0 aromatic heterocycles. The van der Waals surface area contributed by atoms with Crippen molar-refractivity contribution in [2.75, 3.05) is 5.43 Å². The fourth-order valence-electron chi connectivity index (χ4n) is 1.78. The molecule has 0 saturated heterocycles. The molecule has 0 aliphatic heterocycles. The molecule has 0 heterocycles. The van der Waals surface area contributed by atoms with Crippen LogP contribution in [0.15, 0.2) is 18.2 Å². The number of nitrogen functional groups attached to an aromatic ring is 1. The molecule has 1 aliphatic carbocycles. The average Bonchev–Trinajstić information content (AvgIpc) is 2.85. The number of halogens is 1. The number of anilines is 1. The van der Waals surface area contributed by atoms with Gasteiger partial charge in [-0.25, -0.2) is 0 Å². The van der Waals surface area contributed by atoms with Gasteiger partial charge in [-0.1, -0.05) is 25.4 Å². The maximum atomic E-state index is 12.0. The number of hydrogen-bond acceptors (Lipinski definition) is 3. The Morgan fingerprint density at radius 3 is 2.71 bits per heavy atom. The number of hydrogen-bond donors (Lipinski definition) is 3. The lowest BCUT2D eigenvalue weighted by molar-refractivity contribution is 0.0947. The van der Waals surface area contributed by atoms with Crippen LogP contribution in [-0.4, -0.2) is 11.9 Å². The quantitative estimate of drug-likeness (QED) is 0.571. The summed E-state index contributed by atoms with van der Waals surface area (Å²) in [7, 11) is 0. The van der Waals surface area contributed by atoms with Gasteiger partial charge in [0.25, 0.3) is 5.91 Å². The van der Waals surface area contributed by atoms with Crippen LogP contribution in [0.3, 0.4) is 0 Å². The van der Waals surface area contributed by atoms with Crippen LogP contribution in [0.1, 0.15) is 30.6 Å². The minimum Gasteiger partial charge on any atom is -0.349 e. The summed E-state index contributed by atoms with van der Waals surface area (Å²) < 4.78 is 0. The van der Waals surface area contributed by atoms with Gasteiger partial charge in [-0.15, -0.1) is 0 Å². The summed E-state index contributed by atoms with van der Waals surface area (Å²) in [5.74, 6) is 5.22. The summed E-state index contributed by atoms with van der Waals surface area (Å²) in [4.78, 5) is 12.0. The largest absolute Gasteiger partial charge is 0.349 e. The Labute approximate surface area is 105 Å². The van der Waals surface area contributed by atoms with Crippen molar-refractivity contribution in [3.05, 3.63) is 28.8 Å². The number of nitrogens with one attached hydrogen (secondary N) is 2. The van der Waals surface area contributed by atoms with Crippen LogP contribution in [0.25, 0.3) is 0 Å². The first-order valence-corrected chi connectivity index (χ1v) is 5.89. The Bertz CT molecular complexity index is 459. The Morgan fingerprint density at radius 1 is 1.53 bits per heavy atom. The van der Waals surface area contributed by atoms with Gasteiger partial charge in [-0.3, -0.25) is 10.6 Å². The van der Waals surface area contributed by atoms with Crippen molar-refractivity contribution in [1.82, 2.24) is 5.32 Å². The lowest BCUT2D eigenvalue weighted by atomic mass is 10.1. The van der Waals surface area contributed by atoms with Crippen LogP contribution in [0.2, 0.25) is 5.02 Å². The molecule has 4 N–H and O–H groups in total. The summed E-state index contributed by atoms with van der Waals surface area (Å²) >= 11 is 5.88. The topological polar surface area (TPSA) is 67.2 Å². The van der Waals surface area contributed by atoms with Gasteiger partial charge < -0.3 is 10.7 Å². The van der Waals surface area contributed by atoms with E-state index in [2.05, 4.69) is 24.6 Å². The fourth-order valence-corrected chi connectivity index (χ4v) is 1.95. The molecular weight excluding hydrogens is 238 g/mol. The van der Waals surface area contributed by atoms with Gasteiger partial charge >= 0.3 is 0 Å². The number of carbonyl (C=O) groups excluding carboxylic acids is 1. The number of hydrazine groups is 1. The van der Waals surface area contributed by atoms with Crippen LogP contribution >= 0.6 is 11.6 Å². The molecule has 1 fully saturated rings. The van der Waals surface area contributed by atoms with Crippen molar-refractivity contribution in [1.29, 1.82) is 0 Å². The third-order valence-electron chi connectivity index (χ3n) is 3.20. The van der Waals surface area contributed by atoms with Crippen molar-refractivity contribution in [2.45, 2.75) is 26.3 Å². The van der Waals surface area contributed by atoms with Crippen LogP contribution in [0.5, 0.6) is 0 Å². The van der Waals surface area contributed by atoms with E-state index in [4.69, 9.17) is 17.4 Å². The highest BCUT2D eigenvalue weighted by molar-refractivity contribution is 6.31. The van der Waals surface area contributed by atoms with E-state index >= 15 is 0 Å². The maximum Gasteiger partial charge on any atom is 0.253 e. The summed E-state index contributed by atoms with van der Waals surface area (Å²) in [5.41, 5.74) is 3.75. The van der Waals surface area contributed by atoms with Crippen LogP contribution < -0.4 is 16.6 Å². The van der Waals surface area contributed by atoms with E-state index in [1.54, 1.807) is 18.2 Å². The summed E-state index contributed by atoms with van der Waals surface area (Å²) in [5, 5.41) is 3.49. The maximum absolute atomic E-state index is 12.0. The third kappa shape index (κ3) is 2.53. The van der Waals surface area contributed by atoms with E-state index in [9.17, 15) is 4.79 Å². The Hall–Kier alpha value is -1.26. The minimum absolute atomic E-state index is 0.143. The van der Waals surface area contributed by atoms with E-state index in [1.165, 1.54) is 0 Å². The molecule has 1 amide bonds. The standard InChI is InChI=1S/C12H16ClN3O/c1-12(2)6-10(12)15-11(17)8-5-7(13)3-4-9(8)16-14/h3-5,10,16H,6,14H2,1-2H3,(H,15,17).